The Morgan fingerprint density at radius 2 is 1.88 bits per heavy atom. The van der Waals surface area contributed by atoms with Crippen molar-refractivity contribution < 1.29 is 4.39 Å². The van der Waals surface area contributed by atoms with Crippen LogP contribution in [0.25, 0.3) is 0 Å². The van der Waals surface area contributed by atoms with Crippen LogP contribution in [0.1, 0.15) is 13.3 Å². The third kappa shape index (κ3) is 4.60. The number of guanidine groups is 1. The molecule has 0 amide bonds. The van der Waals surface area contributed by atoms with E-state index in [0.29, 0.717) is 6.04 Å². The fourth-order valence-electron chi connectivity index (χ4n) is 3.11. The Morgan fingerprint density at radius 3 is 2.46 bits per heavy atom. The Bertz CT molecular complexity index is 551. The fraction of sp³-hybridized carbons (Fsp3) is 0.611. The summed E-state index contributed by atoms with van der Waals surface area (Å²) in [6.07, 6.45) is 1.24. The first-order chi connectivity index (χ1) is 11.7. The van der Waals surface area contributed by atoms with Crippen LogP contribution in [0.4, 0.5) is 10.1 Å². The number of halogens is 1. The van der Waals surface area contributed by atoms with E-state index in [0.717, 1.165) is 56.8 Å². The van der Waals surface area contributed by atoms with Crippen LogP contribution in [0.5, 0.6) is 0 Å². The van der Waals surface area contributed by atoms with E-state index in [9.17, 15) is 4.39 Å². The standard InChI is InChI=1S/C18H28FN5/c1-14-13-17(14)22-18(20-2)21-7-8-23-9-11-24(12-10-23)16-5-3-15(19)4-6-16/h3-6,14,17H,7-13H2,1-2H3,(H2,20,21,22). The van der Waals surface area contributed by atoms with Crippen molar-refractivity contribution in [2.24, 2.45) is 10.9 Å². The molecule has 24 heavy (non-hydrogen) atoms. The topological polar surface area (TPSA) is 42.9 Å². The molecule has 0 radical (unpaired) electrons. The number of aliphatic imine (C=N–C) groups is 1. The predicted octanol–water partition coefficient (Wildman–Crippen LogP) is 1.52. The third-order valence-corrected chi connectivity index (χ3v) is 4.94. The molecule has 2 unspecified atom stereocenters. The molecule has 0 bridgehead atoms. The van der Waals surface area contributed by atoms with E-state index in [1.165, 1.54) is 18.6 Å². The lowest BCUT2D eigenvalue weighted by atomic mass is 10.2. The molecule has 1 aliphatic heterocycles. The number of piperazine rings is 1. The van der Waals surface area contributed by atoms with Gasteiger partial charge < -0.3 is 15.5 Å². The second-order valence-corrected chi connectivity index (χ2v) is 6.77. The first-order valence-electron chi connectivity index (χ1n) is 8.86. The smallest absolute Gasteiger partial charge is 0.191 e. The molecule has 1 heterocycles. The van der Waals surface area contributed by atoms with E-state index >= 15 is 0 Å². The summed E-state index contributed by atoms with van der Waals surface area (Å²) in [5.41, 5.74) is 1.11. The molecule has 2 N–H and O–H groups in total. The Labute approximate surface area is 143 Å². The summed E-state index contributed by atoms with van der Waals surface area (Å²) < 4.78 is 13.0. The zero-order valence-corrected chi connectivity index (χ0v) is 14.6. The average molecular weight is 333 g/mol. The minimum absolute atomic E-state index is 0.175. The Morgan fingerprint density at radius 1 is 1.21 bits per heavy atom. The van der Waals surface area contributed by atoms with Crippen LogP contribution >= 0.6 is 0 Å². The minimum Gasteiger partial charge on any atom is -0.369 e. The molecule has 2 fully saturated rings. The fourth-order valence-corrected chi connectivity index (χ4v) is 3.11. The van der Waals surface area contributed by atoms with Gasteiger partial charge in [-0.1, -0.05) is 6.92 Å². The highest BCUT2D eigenvalue weighted by molar-refractivity contribution is 5.80. The van der Waals surface area contributed by atoms with Crippen LogP contribution in [-0.4, -0.2) is 63.2 Å². The van der Waals surface area contributed by atoms with E-state index in [1.54, 1.807) is 0 Å². The van der Waals surface area contributed by atoms with E-state index < -0.39 is 0 Å². The molecule has 1 saturated carbocycles. The van der Waals surface area contributed by atoms with Gasteiger partial charge in [-0.25, -0.2) is 4.39 Å². The summed E-state index contributed by atoms with van der Waals surface area (Å²) in [7, 11) is 1.82. The van der Waals surface area contributed by atoms with E-state index in [4.69, 9.17) is 0 Å². The molecule has 1 aliphatic carbocycles. The first kappa shape index (κ1) is 17.0. The molecule has 1 aromatic carbocycles. The van der Waals surface area contributed by atoms with Gasteiger partial charge in [0.05, 0.1) is 0 Å². The number of benzene rings is 1. The van der Waals surface area contributed by atoms with Crippen molar-refractivity contribution in [2.75, 3.05) is 51.2 Å². The number of anilines is 1. The predicted molar refractivity (Wildman–Crippen MR) is 97.1 cm³/mol. The summed E-state index contributed by atoms with van der Waals surface area (Å²) >= 11 is 0. The average Bonchev–Trinajstić information content (AvgIpc) is 3.30. The Kier molecular flexibility index (Phi) is 5.56. The molecule has 2 aliphatic rings. The maximum absolute atomic E-state index is 13.0. The van der Waals surface area contributed by atoms with Crippen LogP contribution in [0.2, 0.25) is 0 Å². The van der Waals surface area contributed by atoms with Gasteiger partial charge in [0, 0.05) is 58.0 Å². The maximum atomic E-state index is 13.0. The van der Waals surface area contributed by atoms with Crippen molar-refractivity contribution >= 4 is 11.6 Å². The van der Waals surface area contributed by atoms with Crippen LogP contribution < -0.4 is 15.5 Å². The molecular formula is C18H28FN5. The largest absolute Gasteiger partial charge is 0.369 e. The second kappa shape index (κ2) is 7.83. The van der Waals surface area contributed by atoms with Gasteiger partial charge in [-0.2, -0.15) is 0 Å². The van der Waals surface area contributed by atoms with Crippen molar-refractivity contribution in [1.29, 1.82) is 0 Å². The molecule has 1 aromatic rings. The van der Waals surface area contributed by atoms with Gasteiger partial charge in [0.1, 0.15) is 5.82 Å². The molecule has 6 heteroatoms. The van der Waals surface area contributed by atoms with Crippen molar-refractivity contribution in [3.05, 3.63) is 30.1 Å². The maximum Gasteiger partial charge on any atom is 0.191 e. The number of hydrogen-bond acceptors (Lipinski definition) is 3. The summed E-state index contributed by atoms with van der Waals surface area (Å²) in [4.78, 5) is 9.06. The summed E-state index contributed by atoms with van der Waals surface area (Å²) in [6.45, 7) is 8.20. The van der Waals surface area contributed by atoms with E-state index in [-0.39, 0.29) is 5.82 Å². The van der Waals surface area contributed by atoms with Crippen molar-refractivity contribution in [2.45, 2.75) is 19.4 Å². The Hall–Kier alpha value is -1.82. The van der Waals surface area contributed by atoms with Crippen LogP contribution in [0.15, 0.2) is 29.3 Å². The van der Waals surface area contributed by atoms with Crippen molar-refractivity contribution in [3.8, 4) is 0 Å². The lowest BCUT2D eigenvalue weighted by molar-refractivity contribution is 0.261. The van der Waals surface area contributed by atoms with E-state index in [1.807, 2.05) is 19.2 Å². The number of rotatable bonds is 5. The highest BCUT2D eigenvalue weighted by atomic mass is 19.1. The van der Waals surface area contributed by atoms with Gasteiger partial charge in [0.2, 0.25) is 0 Å². The molecule has 0 aromatic heterocycles. The van der Waals surface area contributed by atoms with E-state index in [2.05, 4.69) is 32.3 Å². The van der Waals surface area contributed by atoms with Gasteiger partial charge >= 0.3 is 0 Å². The van der Waals surface area contributed by atoms with Crippen LogP contribution in [-0.2, 0) is 0 Å². The van der Waals surface area contributed by atoms with Gasteiger partial charge in [-0.05, 0) is 36.6 Å². The van der Waals surface area contributed by atoms with Gasteiger partial charge in [0.15, 0.2) is 5.96 Å². The third-order valence-electron chi connectivity index (χ3n) is 4.94. The molecule has 3 rings (SSSR count). The van der Waals surface area contributed by atoms with Gasteiger partial charge in [-0.3, -0.25) is 9.89 Å². The van der Waals surface area contributed by atoms with Crippen LogP contribution in [0, 0.1) is 11.7 Å². The Balaban J connectivity index is 1.35. The quantitative estimate of drug-likeness (QED) is 0.633. The number of hydrogen-bond donors (Lipinski definition) is 2. The first-order valence-corrected chi connectivity index (χ1v) is 8.86. The minimum atomic E-state index is -0.175. The SMILES string of the molecule is CN=C(NCCN1CCN(c2ccc(F)cc2)CC1)NC1CC1C. The lowest BCUT2D eigenvalue weighted by Gasteiger charge is -2.36. The monoisotopic (exact) mass is 333 g/mol. The zero-order chi connectivity index (χ0) is 16.9. The summed E-state index contributed by atoms with van der Waals surface area (Å²) in [5.74, 6) is 1.50. The highest BCUT2D eigenvalue weighted by Gasteiger charge is 2.33. The normalized spacial score (nSPS) is 24.8. The highest BCUT2D eigenvalue weighted by Crippen LogP contribution is 2.28. The lowest BCUT2D eigenvalue weighted by Crippen LogP contribution is -2.49. The van der Waals surface area contributed by atoms with Gasteiger partial charge in [-0.15, -0.1) is 0 Å². The molecule has 132 valence electrons. The number of nitrogens with zero attached hydrogens (tertiary/aromatic N) is 3. The molecular weight excluding hydrogens is 305 g/mol. The molecule has 1 saturated heterocycles. The summed E-state index contributed by atoms with van der Waals surface area (Å²) in [5, 5.41) is 6.84. The van der Waals surface area contributed by atoms with Gasteiger partial charge in [0.25, 0.3) is 0 Å². The second-order valence-electron chi connectivity index (χ2n) is 6.77. The van der Waals surface area contributed by atoms with Crippen molar-refractivity contribution in [1.82, 2.24) is 15.5 Å². The molecule has 5 nitrogen and oxygen atoms in total. The number of nitrogens with one attached hydrogen (secondary N) is 2. The molecule has 0 spiro atoms. The molecule has 2 atom stereocenters. The summed E-state index contributed by atoms with van der Waals surface area (Å²) in [6, 6.07) is 7.38. The zero-order valence-electron chi connectivity index (χ0n) is 14.6. The van der Waals surface area contributed by atoms with Crippen LogP contribution in [0.3, 0.4) is 0 Å². The van der Waals surface area contributed by atoms with Crippen molar-refractivity contribution in [3.63, 3.8) is 0 Å².